The zero-order valence-electron chi connectivity index (χ0n) is 14.3. The number of benzene rings is 2. The van der Waals surface area contributed by atoms with Crippen molar-refractivity contribution in [2.24, 2.45) is 0 Å². The molecule has 1 amide bonds. The van der Waals surface area contributed by atoms with E-state index in [2.05, 4.69) is 26.2 Å². The van der Waals surface area contributed by atoms with E-state index >= 15 is 0 Å². The van der Waals surface area contributed by atoms with Crippen molar-refractivity contribution in [3.05, 3.63) is 81.8 Å². The van der Waals surface area contributed by atoms with Crippen LogP contribution in [0, 0.1) is 5.82 Å². The third-order valence-corrected chi connectivity index (χ3v) is 4.48. The molecule has 0 aliphatic rings. The van der Waals surface area contributed by atoms with Crippen LogP contribution in [0.3, 0.4) is 0 Å². The predicted octanol–water partition coefficient (Wildman–Crippen LogP) is 3.89. The fourth-order valence-electron chi connectivity index (χ4n) is 2.60. The summed E-state index contributed by atoms with van der Waals surface area (Å²) < 4.78 is 16.4. The Bertz CT molecular complexity index is 898. The molecular formula is C19H18BrFN4O. The summed E-state index contributed by atoms with van der Waals surface area (Å²) in [7, 11) is 0. The van der Waals surface area contributed by atoms with Crippen LogP contribution >= 0.6 is 15.9 Å². The summed E-state index contributed by atoms with van der Waals surface area (Å²) in [5.74, 6) is -0.613. The van der Waals surface area contributed by atoms with E-state index < -0.39 is 0 Å². The average molecular weight is 417 g/mol. The van der Waals surface area contributed by atoms with Crippen molar-refractivity contribution in [1.29, 1.82) is 0 Å². The number of aromatic nitrogens is 3. The summed E-state index contributed by atoms with van der Waals surface area (Å²) in [5.41, 5.74) is 1.77. The van der Waals surface area contributed by atoms with Gasteiger partial charge in [0.1, 0.15) is 5.82 Å². The van der Waals surface area contributed by atoms with Gasteiger partial charge in [0, 0.05) is 23.1 Å². The fraction of sp³-hybridized carbons (Fsp3) is 0.211. The molecular weight excluding hydrogens is 399 g/mol. The maximum absolute atomic E-state index is 14.0. The van der Waals surface area contributed by atoms with E-state index in [1.807, 2.05) is 37.3 Å². The van der Waals surface area contributed by atoms with Crippen molar-refractivity contribution < 1.29 is 9.18 Å². The highest BCUT2D eigenvalue weighted by Gasteiger charge is 2.19. The monoisotopic (exact) mass is 416 g/mol. The van der Waals surface area contributed by atoms with Crippen molar-refractivity contribution in [1.82, 2.24) is 19.9 Å². The van der Waals surface area contributed by atoms with Crippen LogP contribution in [0.1, 0.15) is 28.5 Å². The van der Waals surface area contributed by atoms with Gasteiger partial charge in [-0.25, -0.2) is 9.07 Å². The lowest BCUT2D eigenvalue weighted by Gasteiger charge is -2.20. The van der Waals surface area contributed by atoms with Gasteiger partial charge in [0.15, 0.2) is 5.69 Å². The summed E-state index contributed by atoms with van der Waals surface area (Å²) in [6, 6.07) is 14.5. The minimum atomic E-state index is -0.341. The van der Waals surface area contributed by atoms with Gasteiger partial charge in [-0.1, -0.05) is 51.5 Å². The summed E-state index contributed by atoms with van der Waals surface area (Å²) >= 11 is 3.33. The molecule has 0 fully saturated rings. The van der Waals surface area contributed by atoms with E-state index in [4.69, 9.17) is 0 Å². The number of amides is 1. The molecule has 0 N–H and O–H groups in total. The Morgan fingerprint density at radius 2 is 2.00 bits per heavy atom. The van der Waals surface area contributed by atoms with Crippen LogP contribution in [0.25, 0.3) is 0 Å². The van der Waals surface area contributed by atoms with Crippen molar-refractivity contribution in [2.45, 2.75) is 20.0 Å². The van der Waals surface area contributed by atoms with Gasteiger partial charge >= 0.3 is 0 Å². The lowest BCUT2D eigenvalue weighted by atomic mass is 10.2. The van der Waals surface area contributed by atoms with Crippen LogP contribution in [-0.4, -0.2) is 32.3 Å². The van der Waals surface area contributed by atoms with Crippen molar-refractivity contribution in [3.63, 3.8) is 0 Å². The van der Waals surface area contributed by atoms with Gasteiger partial charge in [0.25, 0.3) is 5.91 Å². The topological polar surface area (TPSA) is 51.0 Å². The second-order valence-corrected chi connectivity index (χ2v) is 6.76. The maximum Gasteiger partial charge on any atom is 0.276 e. The zero-order chi connectivity index (χ0) is 18.5. The lowest BCUT2D eigenvalue weighted by Crippen LogP contribution is -2.31. The Balaban J connectivity index is 1.73. The van der Waals surface area contributed by atoms with Gasteiger partial charge < -0.3 is 4.90 Å². The molecule has 134 valence electrons. The Morgan fingerprint density at radius 1 is 1.23 bits per heavy atom. The van der Waals surface area contributed by atoms with Gasteiger partial charge in [-0.2, -0.15) is 0 Å². The predicted molar refractivity (Wildman–Crippen MR) is 100 cm³/mol. The van der Waals surface area contributed by atoms with E-state index in [0.29, 0.717) is 18.7 Å². The number of rotatable bonds is 6. The molecule has 0 atom stereocenters. The molecule has 0 spiro atoms. The Morgan fingerprint density at radius 3 is 2.73 bits per heavy atom. The smallest absolute Gasteiger partial charge is 0.276 e. The standard InChI is InChI=1S/C19H18BrFN4O/c1-2-24(12-15-10-16(20)8-9-17(15)21)19(26)18-13-25(23-22-18)11-14-6-4-3-5-7-14/h3-10,13H,2,11-12H2,1H3. The highest BCUT2D eigenvalue weighted by Crippen LogP contribution is 2.18. The fourth-order valence-corrected chi connectivity index (χ4v) is 3.01. The molecule has 0 saturated heterocycles. The van der Waals surface area contributed by atoms with Crippen LogP contribution in [-0.2, 0) is 13.1 Å². The third-order valence-electron chi connectivity index (χ3n) is 3.98. The molecule has 1 aromatic heterocycles. The van der Waals surface area contributed by atoms with Gasteiger partial charge in [-0.05, 0) is 30.7 Å². The summed E-state index contributed by atoms with van der Waals surface area (Å²) in [5, 5.41) is 8.01. The van der Waals surface area contributed by atoms with E-state index in [0.717, 1.165) is 10.0 Å². The van der Waals surface area contributed by atoms with Gasteiger partial charge in [-0.3, -0.25) is 4.79 Å². The normalized spacial score (nSPS) is 10.7. The SMILES string of the molecule is CCN(Cc1cc(Br)ccc1F)C(=O)c1cn(Cc2ccccc2)nn1. The van der Waals surface area contributed by atoms with E-state index in [1.165, 1.54) is 6.07 Å². The highest BCUT2D eigenvalue weighted by molar-refractivity contribution is 9.10. The number of halogens is 2. The quantitative estimate of drug-likeness (QED) is 0.612. The van der Waals surface area contributed by atoms with E-state index in [-0.39, 0.29) is 24.0 Å². The molecule has 0 radical (unpaired) electrons. The number of nitrogens with zero attached hydrogens (tertiary/aromatic N) is 4. The summed E-state index contributed by atoms with van der Waals surface area (Å²) in [4.78, 5) is 14.3. The van der Waals surface area contributed by atoms with Crippen molar-refractivity contribution in [2.75, 3.05) is 6.54 Å². The molecule has 0 aliphatic carbocycles. The molecule has 0 unspecified atom stereocenters. The van der Waals surface area contributed by atoms with Crippen molar-refractivity contribution in [3.8, 4) is 0 Å². The second-order valence-electron chi connectivity index (χ2n) is 5.84. The molecule has 0 aliphatic heterocycles. The first-order valence-electron chi connectivity index (χ1n) is 8.24. The maximum atomic E-state index is 14.0. The minimum Gasteiger partial charge on any atom is -0.333 e. The molecule has 0 bridgehead atoms. The van der Waals surface area contributed by atoms with Gasteiger partial charge in [0.2, 0.25) is 0 Å². The third kappa shape index (κ3) is 4.35. The molecule has 7 heteroatoms. The highest BCUT2D eigenvalue weighted by atomic mass is 79.9. The van der Waals surface area contributed by atoms with Gasteiger partial charge in [-0.15, -0.1) is 5.10 Å². The molecule has 0 saturated carbocycles. The van der Waals surface area contributed by atoms with Crippen molar-refractivity contribution >= 4 is 21.8 Å². The Labute approximate surface area is 159 Å². The molecule has 2 aromatic carbocycles. The van der Waals surface area contributed by atoms with Crippen LogP contribution in [0.4, 0.5) is 4.39 Å². The minimum absolute atomic E-state index is 0.173. The van der Waals surface area contributed by atoms with Crippen LogP contribution in [0.2, 0.25) is 0 Å². The zero-order valence-corrected chi connectivity index (χ0v) is 15.9. The number of carbonyl (C=O) groups excluding carboxylic acids is 1. The first kappa shape index (κ1) is 18.3. The molecule has 26 heavy (non-hydrogen) atoms. The Kier molecular flexibility index (Phi) is 5.78. The lowest BCUT2D eigenvalue weighted by molar-refractivity contribution is 0.0745. The summed E-state index contributed by atoms with van der Waals surface area (Å²) in [6.45, 7) is 3.00. The molecule has 5 nitrogen and oxygen atoms in total. The van der Waals surface area contributed by atoms with Crippen LogP contribution < -0.4 is 0 Å². The number of hydrogen-bond acceptors (Lipinski definition) is 3. The Hall–Kier alpha value is -2.54. The van der Waals surface area contributed by atoms with E-state index in [1.54, 1.807) is 27.9 Å². The first-order chi connectivity index (χ1) is 12.6. The second kappa shape index (κ2) is 8.23. The average Bonchev–Trinajstić information content (AvgIpc) is 3.11. The molecule has 1 heterocycles. The number of hydrogen-bond donors (Lipinski definition) is 0. The van der Waals surface area contributed by atoms with Crippen LogP contribution in [0.15, 0.2) is 59.2 Å². The molecule has 3 aromatic rings. The summed E-state index contributed by atoms with van der Waals surface area (Å²) in [6.07, 6.45) is 1.62. The number of carbonyl (C=O) groups is 1. The molecule has 3 rings (SSSR count). The largest absolute Gasteiger partial charge is 0.333 e. The van der Waals surface area contributed by atoms with Gasteiger partial charge in [0.05, 0.1) is 12.7 Å². The van der Waals surface area contributed by atoms with Crippen LogP contribution in [0.5, 0.6) is 0 Å². The first-order valence-corrected chi connectivity index (χ1v) is 9.03. The van der Waals surface area contributed by atoms with E-state index in [9.17, 15) is 9.18 Å².